The van der Waals surface area contributed by atoms with Crippen LogP contribution in [0.1, 0.15) is 0 Å². The Hall–Kier alpha value is -2.68. The largest absolute Gasteiger partial charge is 0.399 e. The monoisotopic (exact) mass is 247 g/mol. The van der Waals surface area contributed by atoms with Crippen molar-refractivity contribution in [1.29, 1.82) is 0 Å². The van der Waals surface area contributed by atoms with Gasteiger partial charge in [-0.05, 0) is 36.4 Å². The van der Waals surface area contributed by atoms with E-state index in [1.54, 1.807) is 12.4 Å². The van der Waals surface area contributed by atoms with Crippen LogP contribution < -0.4 is 5.73 Å². The number of pyridine rings is 2. The standard InChI is InChI=1S/C16H13N3/c17-14-6-4-12(5-7-14)16-11-13(8-10-19-16)15-3-1-2-9-18-15/h1-11H,17H2. The van der Waals surface area contributed by atoms with Gasteiger partial charge in [0.15, 0.2) is 0 Å². The molecule has 0 unspecified atom stereocenters. The molecular formula is C16H13N3. The third kappa shape index (κ3) is 2.45. The van der Waals surface area contributed by atoms with Crippen molar-refractivity contribution in [1.82, 2.24) is 9.97 Å². The SMILES string of the molecule is Nc1ccc(-c2cc(-c3ccccn3)ccn2)cc1. The van der Waals surface area contributed by atoms with E-state index in [1.807, 2.05) is 54.6 Å². The van der Waals surface area contributed by atoms with Crippen LogP contribution in [-0.2, 0) is 0 Å². The number of hydrogen-bond donors (Lipinski definition) is 1. The topological polar surface area (TPSA) is 51.8 Å². The van der Waals surface area contributed by atoms with E-state index in [2.05, 4.69) is 9.97 Å². The normalized spacial score (nSPS) is 10.3. The first kappa shape index (κ1) is 11.4. The summed E-state index contributed by atoms with van der Waals surface area (Å²) in [6.45, 7) is 0. The smallest absolute Gasteiger partial charge is 0.0708 e. The lowest BCUT2D eigenvalue weighted by Crippen LogP contribution is -1.88. The zero-order chi connectivity index (χ0) is 13.1. The van der Waals surface area contributed by atoms with Crippen LogP contribution in [0.4, 0.5) is 5.69 Å². The molecule has 3 nitrogen and oxygen atoms in total. The molecule has 0 atom stereocenters. The van der Waals surface area contributed by atoms with E-state index in [1.165, 1.54) is 0 Å². The van der Waals surface area contributed by atoms with E-state index in [9.17, 15) is 0 Å². The predicted molar refractivity (Wildman–Crippen MR) is 77.3 cm³/mol. The summed E-state index contributed by atoms with van der Waals surface area (Å²) < 4.78 is 0. The van der Waals surface area contributed by atoms with Gasteiger partial charge in [0.1, 0.15) is 0 Å². The molecule has 0 aliphatic rings. The number of nitrogens with two attached hydrogens (primary N) is 1. The van der Waals surface area contributed by atoms with Gasteiger partial charge in [-0.25, -0.2) is 0 Å². The molecule has 1 aromatic carbocycles. The maximum Gasteiger partial charge on any atom is 0.0708 e. The predicted octanol–water partition coefficient (Wildman–Crippen LogP) is 3.39. The first-order chi connectivity index (χ1) is 9.33. The minimum atomic E-state index is 0.754. The molecule has 3 aromatic rings. The number of rotatable bonds is 2. The van der Waals surface area contributed by atoms with Crippen molar-refractivity contribution in [3.8, 4) is 22.5 Å². The van der Waals surface area contributed by atoms with Crippen LogP contribution in [0.25, 0.3) is 22.5 Å². The van der Waals surface area contributed by atoms with Gasteiger partial charge in [-0.3, -0.25) is 9.97 Å². The van der Waals surface area contributed by atoms with Crippen LogP contribution in [0.5, 0.6) is 0 Å². The first-order valence-electron chi connectivity index (χ1n) is 6.06. The maximum absolute atomic E-state index is 5.70. The summed E-state index contributed by atoms with van der Waals surface area (Å²) in [5.41, 5.74) is 10.4. The minimum absolute atomic E-state index is 0.754. The summed E-state index contributed by atoms with van der Waals surface area (Å²) in [5.74, 6) is 0. The van der Waals surface area contributed by atoms with Gasteiger partial charge in [0, 0.05) is 29.2 Å². The van der Waals surface area contributed by atoms with E-state index < -0.39 is 0 Å². The molecule has 0 aliphatic heterocycles. The highest BCUT2D eigenvalue weighted by atomic mass is 14.7. The summed E-state index contributed by atoms with van der Waals surface area (Å²) in [6, 6.07) is 17.6. The van der Waals surface area contributed by atoms with Gasteiger partial charge in [0.25, 0.3) is 0 Å². The Kier molecular flexibility index (Phi) is 2.94. The lowest BCUT2D eigenvalue weighted by molar-refractivity contribution is 1.29. The van der Waals surface area contributed by atoms with E-state index in [0.29, 0.717) is 0 Å². The second-order valence-electron chi connectivity index (χ2n) is 4.27. The lowest BCUT2D eigenvalue weighted by atomic mass is 10.1. The van der Waals surface area contributed by atoms with Gasteiger partial charge in [0.2, 0.25) is 0 Å². The van der Waals surface area contributed by atoms with Crippen LogP contribution in [0.3, 0.4) is 0 Å². The molecule has 0 spiro atoms. The fraction of sp³-hybridized carbons (Fsp3) is 0. The van der Waals surface area contributed by atoms with Crippen molar-refractivity contribution in [2.75, 3.05) is 5.73 Å². The van der Waals surface area contributed by atoms with Gasteiger partial charge in [0.05, 0.1) is 11.4 Å². The van der Waals surface area contributed by atoms with Crippen molar-refractivity contribution in [3.05, 3.63) is 67.0 Å². The van der Waals surface area contributed by atoms with Crippen molar-refractivity contribution in [2.45, 2.75) is 0 Å². The fourth-order valence-electron chi connectivity index (χ4n) is 1.94. The lowest BCUT2D eigenvalue weighted by Gasteiger charge is -2.04. The second kappa shape index (κ2) is 4.90. The number of hydrogen-bond acceptors (Lipinski definition) is 3. The average Bonchev–Trinajstić information content (AvgIpc) is 2.49. The summed E-state index contributed by atoms with van der Waals surface area (Å²) >= 11 is 0. The zero-order valence-corrected chi connectivity index (χ0v) is 10.3. The Morgan fingerprint density at radius 2 is 1.47 bits per heavy atom. The number of aromatic nitrogens is 2. The molecule has 2 N–H and O–H groups in total. The third-order valence-electron chi connectivity index (χ3n) is 2.93. The molecule has 0 saturated heterocycles. The van der Waals surface area contributed by atoms with Crippen LogP contribution in [-0.4, -0.2) is 9.97 Å². The summed E-state index contributed by atoms with van der Waals surface area (Å²) in [4.78, 5) is 8.75. The van der Waals surface area contributed by atoms with Crippen LogP contribution >= 0.6 is 0 Å². The highest BCUT2D eigenvalue weighted by Crippen LogP contribution is 2.23. The molecule has 0 bridgehead atoms. The number of nitrogens with zero attached hydrogens (tertiary/aromatic N) is 2. The molecule has 0 radical (unpaired) electrons. The van der Waals surface area contributed by atoms with Crippen molar-refractivity contribution in [3.63, 3.8) is 0 Å². The molecule has 2 heterocycles. The molecule has 3 rings (SSSR count). The Balaban J connectivity index is 2.03. The van der Waals surface area contributed by atoms with Gasteiger partial charge in [-0.2, -0.15) is 0 Å². The highest BCUT2D eigenvalue weighted by molar-refractivity contribution is 5.69. The average molecular weight is 247 g/mol. The Bertz CT molecular complexity index is 676. The minimum Gasteiger partial charge on any atom is -0.399 e. The van der Waals surface area contributed by atoms with Crippen LogP contribution in [0.2, 0.25) is 0 Å². The zero-order valence-electron chi connectivity index (χ0n) is 10.3. The molecule has 0 aliphatic carbocycles. The summed E-state index contributed by atoms with van der Waals surface area (Å²) in [5, 5.41) is 0. The number of benzene rings is 1. The van der Waals surface area contributed by atoms with Crippen molar-refractivity contribution < 1.29 is 0 Å². The van der Waals surface area contributed by atoms with Crippen molar-refractivity contribution >= 4 is 5.69 Å². The Morgan fingerprint density at radius 3 is 2.21 bits per heavy atom. The first-order valence-corrected chi connectivity index (χ1v) is 6.06. The molecule has 92 valence electrons. The molecular weight excluding hydrogens is 234 g/mol. The van der Waals surface area contributed by atoms with Crippen LogP contribution in [0.15, 0.2) is 67.0 Å². The summed E-state index contributed by atoms with van der Waals surface area (Å²) in [7, 11) is 0. The van der Waals surface area contributed by atoms with Gasteiger partial charge < -0.3 is 5.73 Å². The fourth-order valence-corrected chi connectivity index (χ4v) is 1.94. The van der Waals surface area contributed by atoms with Crippen LogP contribution in [0, 0.1) is 0 Å². The van der Waals surface area contributed by atoms with Gasteiger partial charge in [-0.1, -0.05) is 18.2 Å². The van der Waals surface area contributed by atoms with E-state index in [0.717, 1.165) is 28.2 Å². The molecule has 0 saturated carbocycles. The molecule has 0 fully saturated rings. The Labute approximate surface area is 111 Å². The number of anilines is 1. The quantitative estimate of drug-likeness (QED) is 0.706. The van der Waals surface area contributed by atoms with Gasteiger partial charge in [-0.15, -0.1) is 0 Å². The van der Waals surface area contributed by atoms with E-state index >= 15 is 0 Å². The third-order valence-corrected chi connectivity index (χ3v) is 2.93. The molecule has 0 amide bonds. The van der Waals surface area contributed by atoms with Crippen molar-refractivity contribution in [2.24, 2.45) is 0 Å². The van der Waals surface area contributed by atoms with Gasteiger partial charge >= 0.3 is 0 Å². The van der Waals surface area contributed by atoms with E-state index in [-0.39, 0.29) is 0 Å². The summed E-state index contributed by atoms with van der Waals surface area (Å²) in [6.07, 6.45) is 3.59. The number of nitrogen functional groups attached to an aromatic ring is 1. The molecule has 19 heavy (non-hydrogen) atoms. The second-order valence-corrected chi connectivity index (χ2v) is 4.27. The highest BCUT2D eigenvalue weighted by Gasteiger charge is 2.03. The Morgan fingerprint density at radius 1 is 0.684 bits per heavy atom. The van der Waals surface area contributed by atoms with E-state index in [4.69, 9.17) is 5.73 Å². The molecule has 3 heteroatoms. The molecule has 2 aromatic heterocycles. The maximum atomic E-state index is 5.70.